The maximum Gasteiger partial charge on any atom is 0.133 e. The highest BCUT2D eigenvalue weighted by molar-refractivity contribution is 14.1. The molecule has 0 saturated heterocycles. The van der Waals surface area contributed by atoms with Gasteiger partial charge in [0.2, 0.25) is 0 Å². The van der Waals surface area contributed by atoms with E-state index in [4.69, 9.17) is 16.3 Å². The highest BCUT2D eigenvalue weighted by Gasteiger charge is 2.07. The van der Waals surface area contributed by atoms with Crippen molar-refractivity contribution in [3.63, 3.8) is 0 Å². The van der Waals surface area contributed by atoms with Gasteiger partial charge in [0.1, 0.15) is 12.4 Å². The maximum atomic E-state index is 9.51. The molecule has 0 aliphatic rings. The first-order chi connectivity index (χ1) is 13.1. The Bertz CT molecular complexity index is 1020. The van der Waals surface area contributed by atoms with Gasteiger partial charge in [-0.1, -0.05) is 48.0 Å². The summed E-state index contributed by atoms with van der Waals surface area (Å²) in [5.41, 5.74) is 3.32. The van der Waals surface area contributed by atoms with Gasteiger partial charge in [-0.05, 0) is 92.7 Å². The molecule has 0 aliphatic carbocycles. The number of nitriles is 1. The lowest BCUT2D eigenvalue weighted by atomic mass is 10.0. The lowest BCUT2D eigenvalue weighted by Crippen LogP contribution is -1.97. The normalized spacial score (nSPS) is 11.1. The molecule has 0 amide bonds. The van der Waals surface area contributed by atoms with Crippen LogP contribution in [0.25, 0.3) is 11.6 Å². The van der Waals surface area contributed by atoms with Crippen molar-refractivity contribution in [1.82, 2.24) is 0 Å². The van der Waals surface area contributed by atoms with E-state index in [0.717, 1.165) is 26.0 Å². The Morgan fingerprint density at radius 2 is 1.78 bits per heavy atom. The lowest BCUT2D eigenvalue weighted by Gasteiger charge is -2.09. The summed E-state index contributed by atoms with van der Waals surface area (Å²) in [6.45, 7) is 0.519. The van der Waals surface area contributed by atoms with Gasteiger partial charge in [-0.3, -0.25) is 0 Å². The van der Waals surface area contributed by atoms with Gasteiger partial charge in [0, 0.05) is 14.2 Å². The van der Waals surface area contributed by atoms with E-state index < -0.39 is 0 Å². The van der Waals surface area contributed by atoms with Crippen LogP contribution in [0.5, 0.6) is 5.75 Å². The number of benzene rings is 3. The number of hydrogen-bond donors (Lipinski definition) is 0. The zero-order chi connectivity index (χ0) is 19.2. The predicted molar refractivity (Wildman–Crippen MR) is 128 cm³/mol. The number of rotatable bonds is 5. The van der Waals surface area contributed by atoms with Gasteiger partial charge in [-0.25, -0.2) is 0 Å². The van der Waals surface area contributed by atoms with Crippen LogP contribution in [0.15, 0.2) is 66.7 Å². The van der Waals surface area contributed by atoms with E-state index in [1.807, 2.05) is 42.5 Å². The molecule has 134 valence electrons. The summed E-state index contributed by atoms with van der Waals surface area (Å²) in [4.78, 5) is 0. The second-order valence-corrected chi connectivity index (χ2v) is 8.57. The molecule has 0 aliphatic heterocycles. The molecule has 3 aromatic carbocycles. The number of halogens is 3. The Hall–Kier alpha value is -1.56. The standard InChI is InChI=1S/C22H14ClI2NO/c23-20-4-2-1-3-19(20)17(13-26)11-16-7-10-22(21(25)12-16)27-14-15-5-8-18(24)9-6-15/h1-12H,14H2. The zero-order valence-corrected chi connectivity index (χ0v) is 19.2. The molecule has 0 N–H and O–H groups in total. The van der Waals surface area contributed by atoms with Crippen molar-refractivity contribution in [2.45, 2.75) is 6.61 Å². The third kappa shape index (κ3) is 5.47. The molecule has 3 aromatic rings. The minimum atomic E-state index is 0.519. The van der Waals surface area contributed by atoms with E-state index >= 15 is 0 Å². The van der Waals surface area contributed by atoms with Crippen LogP contribution in [0.2, 0.25) is 5.02 Å². The molecule has 0 fully saturated rings. The van der Waals surface area contributed by atoms with Crippen LogP contribution in [-0.2, 0) is 6.61 Å². The first-order valence-corrected chi connectivity index (χ1v) is 10.6. The van der Waals surface area contributed by atoms with Crippen LogP contribution in [0.3, 0.4) is 0 Å². The molecule has 0 atom stereocenters. The fraction of sp³-hybridized carbons (Fsp3) is 0.0455. The smallest absolute Gasteiger partial charge is 0.133 e. The molecule has 0 radical (unpaired) electrons. The SMILES string of the molecule is N#CC(=Cc1ccc(OCc2ccc(I)cc2)c(I)c1)c1ccccc1Cl. The molecular formula is C22H14ClI2NO. The van der Waals surface area contributed by atoms with Crippen molar-refractivity contribution in [2.75, 3.05) is 0 Å². The second-order valence-electron chi connectivity index (χ2n) is 5.75. The minimum Gasteiger partial charge on any atom is -0.488 e. The Balaban J connectivity index is 1.78. The Kier molecular flexibility index (Phi) is 7.16. The molecule has 27 heavy (non-hydrogen) atoms. The Morgan fingerprint density at radius 3 is 2.44 bits per heavy atom. The number of allylic oxidation sites excluding steroid dienone is 1. The van der Waals surface area contributed by atoms with Crippen molar-refractivity contribution in [1.29, 1.82) is 5.26 Å². The van der Waals surface area contributed by atoms with Crippen LogP contribution < -0.4 is 4.74 Å². The van der Waals surface area contributed by atoms with Gasteiger partial charge < -0.3 is 4.74 Å². The highest BCUT2D eigenvalue weighted by Crippen LogP contribution is 2.28. The molecular weight excluding hydrogens is 584 g/mol. The van der Waals surface area contributed by atoms with Gasteiger partial charge >= 0.3 is 0 Å². The van der Waals surface area contributed by atoms with Crippen LogP contribution >= 0.6 is 56.8 Å². The first kappa shape index (κ1) is 20.2. The molecule has 0 spiro atoms. The maximum absolute atomic E-state index is 9.51. The predicted octanol–water partition coefficient (Wildman–Crippen LogP) is 7.19. The van der Waals surface area contributed by atoms with Gasteiger partial charge in [0.05, 0.1) is 15.2 Å². The fourth-order valence-corrected chi connectivity index (χ4v) is 3.77. The summed E-state index contributed by atoms with van der Waals surface area (Å²) in [5, 5.41) is 10.1. The van der Waals surface area contributed by atoms with Crippen molar-refractivity contribution >= 4 is 68.4 Å². The average Bonchev–Trinajstić information content (AvgIpc) is 2.67. The van der Waals surface area contributed by atoms with Gasteiger partial charge in [0.25, 0.3) is 0 Å². The summed E-state index contributed by atoms with van der Waals surface area (Å²) in [7, 11) is 0. The molecule has 0 aromatic heterocycles. The monoisotopic (exact) mass is 597 g/mol. The van der Waals surface area contributed by atoms with E-state index in [-0.39, 0.29) is 0 Å². The van der Waals surface area contributed by atoms with Crippen molar-refractivity contribution in [3.8, 4) is 11.8 Å². The van der Waals surface area contributed by atoms with Crippen LogP contribution in [-0.4, -0.2) is 0 Å². The van der Waals surface area contributed by atoms with E-state index in [0.29, 0.717) is 17.2 Å². The third-order valence-electron chi connectivity index (χ3n) is 3.86. The molecule has 0 unspecified atom stereocenters. The van der Waals surface area contributed by atoms with E-state index in [1.165, 1.54) is 3.57 Å². The highest BCUT2D eigenvalue weighted by atomic mass is 127. The van der Waals surface area contributed by atoms with Crippen molar-refractivity contribution in [3.05, 3.63) is 95.6 Å². The van der Waals surface area contributed by atoms with Crippen LogP contribution in [0.4, 0.5) is 0 Å². The first-order valence-electron chi connectivity index (χ1n) is 8.10. The van der Waals surface area contributed by atoms with Gasteiger partial charge in [0.15, 0.2) is 0 Å². The largest absolute Gasteiger partial charge is 0.488 e. The lowest BCUT2D eigenvalue weighted by molar-refractivity contribution is 0.304. The van der Waals surface area contributed by atoms with Crippen LogP contribution in [0.1, 0.15) is 16.7 Å². The summed E-state index contributed by atoms with van der Waals surface area (Å²) >= 11 is 10.8. The van der Waals surface area contributed by atoms with Crippen molar-refractivity contribution < 1.29 is 4.74 Å². The Labute approximate surface area is 191 Å². The second kappa shape index (κ2) is 9.58. The summed E-state index contributed by atoms with van der Waals surface area (Å²) in [5.74, 6) is 0.822. The molecule has 2 nitrogen and oxygen atoms in total. The summed E-state index contributed by atoms with van der Waals surface area (Å²) in [6.07, 6.45) is 1.84. The average molecular weight is 598 g/mol. The van der Waals surface area contributed by atoms with Gasteiger partial charge in [-0.2, -0.15) is 5.26 Å². The van der Waals surface area contributed by atoms with E-state index in [9.17, 15) is 5.26 Å². The van der Waals surface area contributed by atoms with E-state index in [2.05, 4.69) is 75.5 Å². The Morgan fingerprint density at radius 1 is 1.04 bits per heavy atom. The topological polar surface area (TPSA) is 33.0 Å². The molecule has 0 saturated carbocycles. The zero-order valence-electron chi connectivity index (χ0n) is 14.1. The third-order valence-corrected chi connectivity index (χ3v) is 5.75. The molecule has 3 rings (SSSR count). The molecule has 0 bridgehead atoms. The molecule has 5 heteroatoms. The van der Waals surface area contributed by atoms with Crippen LogP contribution in [0, 0.1) is 18.5 Å². The minimum absolute atomic E-state index is 0.519. The summed E-state index contributed by atoms with van der Waals surface area (Å²) < 4.78 is 8.13. The van der Waals surface area contributed by atoms with Gasteiger partial charge in [-0.15, -0.1) is 0 Å². The number of hydrogen-bond acceptors (Lipinski definition) is 2. The van der Waals surface area contributed by atoms with Crippen molar-refractivity contribution in [2.24, 2.45) is 0 Å². The fourth-order valence-electron chi connectivity index (χ4n) is 2.48. The number of nitrogens with zero attached hydrogens (tertiary/aromatic N) is 1. The quantitative estimate of drug-likeness (QED) is 0.177. The number of ether oxygens (including phenoxy) is 1. The summed E-state index contributed by atoms with van der Waals surface area (Å²) in [6, 6.07) is 23.7. The molecule has 0 heterocycles. The van der Waals surface area contributed by atoms with E-state index in [1.54, 1.807) is 6.07 Å².